The molecule has 3 N–H and O–H groups in total. The van der Waals surface area contributed by atoms with Gasteiger partial charge in [-0.1, -0.05) is 28.9 Å². The summed E-state index contributed by atoms with van der Waals surface area (Å²) in [5.74, 6) is 1.91. The van der Waals surface area contributed by atoms with Crippen LogP contribution in [0.5, 0.6) is 11.5 Å². The van der Waals surface area contributed by atoms with Gasteiger partial charge in [0.1, 0.15) is 36.2 Å². The van der Waals surface area contributed by atoms with Crippen molar-refractivity contribution in [1.29, 1.82) is 0 Å². The average molecular weight is 479 g/mol. The van der Waals surface area contributed by atoms with Crippen molar-refractivity contribution < 1.29 is 18.8 Å². The van der Waals surface area contributed by atoms with E-state index in [1.54, 1.807) is 18.2 Å². The van der Waals surface area contributed by atoms with Gasteiger partial charge < -0.3 is 25.0 Å². The Labute approximate surface area is 199 Å². The second-order valence-electron chi connectivity index (χ2n) is 7.63. The molecular weight excluding hydrogens is 456 g/mol. The third-order valence-electron chi connectivity index (χ3n) is 5.19. The summed E-state index contributed by atoms with van der Waals surface area (Å²) < 4.78 is 18.0. The van der Waals surface area contributed by atoms with E-state index >= 15 is 0 Å². The molecule has 0 spiro atoms. The molecular formula is C23H22N6O4S. The summed E-state index contributed by atoms with van der Waals surface area (Å²) >= 11 is 1.38. The second kappa shape index (κ2) is 9.10. The van der Waals surface area contributed by atoms with E-state index in [0.29, 0.717) is 46.8 Å². The number of thioether (sulfide) groups is 1. The number of fused-ring (bicyclic) bond motifs is 1. The number of aryl methyl sites for hydroxylation is 1. The molecule has 0 atom stereocenters. The van der Waals surface area contributed by atoms with Gasteiger partial charge in [0.25, 0.3) is 5.89 Å². The van der Waals surface area contributed by atoms with Crippen LogP contribution >= 0.6 is 11.8 Å². The fraction of sp³-hybridized carbons (Fsp3) is 0.217. The molecule has 1 amide bonds. The van der Waals surface area contributed by atoms with Gasteiger partial charge in [0, 0.05) is 17.3 Å². The zero-order chi connectivity index (χ0) is 23.7. The Kier molecular flexibility index (Phi) is 5.84. The van der Waals surface area contributed by atoms with Crippen LogP contribution in [-0.2, 0) is 11.3 Å². The van der Waals surface area contributed by atoms with Crippen molar-refractivity contribution in [3.8, 4) is 34.3 Å². The predicted molar refractivity (Wildman–Crippen MR) is 128 cm³/mol. The van der Waals surface area contributed by atoms with Gasteiger partial charge in [0.15, 0.2) is 11.5 Å². The van der Waals surface area contributed by atoms with E-state index in [0.717, 1.165) is 11.1 Å². The molecule has 0 aliphatic carbocycles. The van der Waals surface area contributed by atoms with Crippen LogP contribution in [0.15, 0.2) is 52.0 Å². The third-order valence-corrected chi connectivity index (χ3v) is 5.86. The Balaban J connectivity index is 1.36. The van der Waals surface area contributed by atoms with Crippen molar-refractivity contribution >= 4 is 29.2 Å². The number of hydrogen-bond donors (Lipinski definition) is 2. The zero-order valence-electron chi connectivity index (χ0n) is 18.6. The Morgan fingerprint density at radius 3 is 2.79 bits per heavy atom. The van der Waals surface area contributed by atoms with Crippen molar-refractivity contribution in [2.45, 2.75) is 18.5 Å². The molecule has 0 fully saturated rings. The lowest BCUT2D eigenvalue weighted by molar-refractivity contribution is -0.116. The van der Waals surface area contributed by atoms with Gasteiger partial charge in [-0.05, 0) is 31.4 Å². The van der Waals surface area contributed by atoms with Gasteiger partial charge in [-0.25, -0.2) is 4.68 Å². The molecule has 34 heavy (non-hydrogen) atoms. The molecule has 2 aromatic heterocycles. The smallest absolute Gasteiger partial charge is 0.264 e. The molecule has 0 radical (unpaired) electrons. The van der Waals surface area contributed by atoms with Gasteiger partial charge >= 0.3 is 0 Å². The Bertz CT molecular complexity index is 1370. The highest BCUT2D eigenvalue weighted by Gasteiger charge is 2.24. The maximum Gasteiger partial charge on any atom is 0.264 e. The fourth-order valence-corrected chi connectivity index (χ4v) is 4.18. The highest BCUT2D eigenvalue weighted by atomic mass is 32.2. The van der Waals surface area contributed by atoms with Crippen LogP contribution in [0, 0.1) is 6.92 Å². The largest absolute Gasteiger partial charge is 0.486 e. The van der Waals surface area contributed by atoms with E-state index in [4.69, 9.17) is 19.7 Å². The standard InChI is InChI=1S/C23H22N6O4S/c1-13-4-3-5-14(10-13)21-26-22(33-28-21)19-20(24)29(27-23(19)34-2)12-18(30)25-15-6-7-16-17(11-15)32-9-8-31-16/h3-7,10-11H,8-9,12,24H2,1-2H3,(H,25,30). The third kappa shape index (κ3) is 4.29. The number of aromatic nitrogens is 4. The van der Waals surface area contributed by atoms with Crippen LogP contribution in [0.1, 0.15) is 5.56 Å². The lowest BCUT2D eigenvalue weighted by Crippen LogP contribution is -2.21. The van der Waals surface area contributed by atoms with Gasteiger partial charge in [-0.3, -0.25) is 4.79 Å². The van der Waals surface area contributed by atoms with Gasteiger partial charge in [0.05, 0.1) is 0 Å². The number of anilines is 2. The van der Waals surface area contributed by atoms with E-state index in [9.17, 15) is 4.79 Å². The summed E-state index contributed by atoms with van der Waals surface area (Å²) in [7, 11) is 0. The van der Waals surface area contributed by atoms with Crippen molar-refractivity contribution in [3.63, 3.8) is 0 Å². The van der Waals surface area contributed by atoms with Crippen molar-refractivity contribution in [2.75, 3.05) is 30.5 Å². The summed E-state index contributed by atoms with van der Waals surface area (Å²) in [6, 6.07) is 13.0. The Morgan fingerprint density at radius 2 is 2.00 bits per heavy atom. The number of benzene rings is 2. The first-order valence-corrected chi connectivity index (χ1v) is 11.7. The summed E-state index contributed by atoms with van der Waals surface area (Å²) in [4.78, 5) is 17.2. The number of nitrogen functional groups attached to an aromatic ring is 1. The number of hydrogen-bond acceptors (Lipinski definition) is 9. The maximum absolute atomic E-state index is 12.7. The van der Waals surface area contributed by atoms with Crippen LogP contribution in [-0.4, -0.2) is 45.3 Å². The topological polar surface area (TPSA) is 130 Å². The van der Waals surface area contributed by atoms with Crippen LogP contribution in [0.3, 0.4) is 0 Å². The van der Waals surface area contributed by atoms with Crippen molar-refractivity contribution in [3.05, 3.63) is 48.0 Å². The number of nitrogens with two attached hydrogens (primary N) is 1. The van der Waals surface area contributed by atoms with Gasteiger partial charge in [-0.15, -0.1) is 11.8 Å². The van der Waals surface area contributed by atoms with E-state index in [2.05, 4.69) is 20.6 Å². The summed E-state index contributed by atoms with van der Waals surface area (Å²) in [5.41, 5.74) is 9.38. The van der Waals surface area contributed by atoms with E-state index < -0.39 is 0 Å². The molecule has 0 saturated carbocycles. The van der Waals surface area contributed by atoms with Crippen LogP contribution in [0.4, 0.5) is 11.5 Å². The minimum Gasteiger partial charge on any atom is -0.486 e. The molecule has 4 aromatic rings. The molecule has 1 aliphatic rings. The van der Waals surface area contributed by atoms with Crippen molar-refractivity contribution in [1.82, 2.24) is 19.9 Å². The van der Waals surface area contributed by atoms with Gasteiger partial charge in [-0.2, -0.15) is 10.1 Å². The summed E-state index contributed by atoms with van der Waals surface area (Å²) in [5, 5.41) is 12.0. The normalized spacial score (nSPS) is 12.5. The molecule has 1 aliphatic heterocycles. The molecule has 174 valence electrons. The molecule has 0 saturated heterocycles. The average Bonchev–Trinajstić information content (AvgIpc) is 3.43. The number of nitrogens with zero attached hydrogens (tertiary/aromatic N) is 4. The lowest BCUT2D eigenvalue weighted by Gasteiger charge is -2.19. The van der Waals surface area contributed by atoms with Crippen LogP contribution < -0.4 is 20.5 Å². The fourth-order valence-electron chi connectivity index (χ4n) is 3.60. The molecule has 11 heteroatoms. The lowest BCUT2D eigenvalue weighted by atomic mass is 10.1. The first-order chi connectivity index (χ1) is 16.5. The molecule has 0 bridgehead atoms. The second-order valence-corrected chi connectivity index (χ2v) is 8.42. The summed E-state index contributed by atoms with van der Waals surface area (Å²) in [6.45, 7) is 2.88. The van der Waals surface area contributed by atoms with Crippen LogP contribution in [0.2, 0.25) is 0 Å². The molecule has 0 unspecified atom stereocenters. The highest BCUT2D eigenvalue weighted by Crippen LogP contribution is 2.35. The first-order valence-electron chi connectivity index (χ1n) is 10.5. The minimum absolute atomic E-state index is 0.0906. The number of carbonyl (C=O) groups excluding carboxylic acids is 1. The zero-order valence-corrected chi connectivity index (χ0v) is 19.4. The number of nitrogens with one attached hydrogen (secondary N) is 1. The van der Waals surface area contributed by atoms with E-state index in [1.165, 1.54) is 16.4 Å². The Morgan fingerprint density at radius 1 is 1.18 bits per heavy atom. The predicted octanol–water partition coefficient (Wildman–Crippen LogP) is 3.62. The number of ether oxygens (including phenoxy) is 2. The van der Waals surface area contributed by atoms with Crippen LogP contribution in [0.25, 0.3) is 22.8 Å². The number of rotatable bonds is 6. The molecule has 3 heterocycles. The Hall–Kier alpha value is -3.99. The first kappa shape index (κ1) is 21.8. The minimum atomic E-state index is -0.295. The summed E-state index contributed by atoms with van der Waals surface area (Å²) in [6.07, 6.45) is 1.86. The molecule has 5 rings (SSSR count). The number of carbonyl (C=O) groups is 1. The SMILES string of the molecule is CSc1nn(CC(=O)Nc2ccc3c(c2)OCCO3)c(N)c1-c1nc(-c2cccc(C)c2)no1. The molecule has 10 nitrogen and oxygen atoms in total. The van der Waals surface area contributed by atoms with Gasteiger partial charge in [0.2, 0.25) is 11.7 Å². The maximum atomic E-state index is 12.7. The monoisotopic (exact) mass is 478 g/mol. The van der Waals surface area contributed by atoms with E-state index in [1.807, 2.05) is 37.4 Å². The van der Waals surface area contributed by atoms with E-state index in [-0.39, 0.29) is 24.2 Å². The van der Waals surface area contributed by atoms with Crippen molar-refractivity contribution in [2.24, 2.45) is 0 Å². The number of amides is 1. The highest BCUT2D eigenvalue weighted by molar-refractivity contribution is 7.98. The quantitative estimate of drug-likeness (QED) is 0.399. The molecule has 2 aromatic carbocycles.